The summed E-state index contributed by atoms with van der Waals surface area (Å²) in [5, 5.41) is 0. The van der Waals surface area contributed by atoms with Gasteiger partial charge in [-0.25, -0.2) is 9.97 Å². The van der Waals surface area contributed by atoms with Gasteiger partial charge >= 0.3 is 0 Å². The lowest BCUT2D eigenvalue weighted by molar-refractivity contribution is 0.101. The van der Waals surface area contributed by atoms with Crippen molar-refractivity contribution in [1.82, 2.24) is 9.97 Å². The van der Waals surface area contributed by atoms with Crippen molar-refractivity contribution in [2.45, 2.75) is 13.8 Å². The Balaban J connectivity index is 3.00. The molecule has 0 N–H and O–H groups in total. The normalized spacial score (nSPS) is 9.40. The van der Waals surface area contributed by atoms with Crippen molar-refractivity contribution >= 4 is 5.78 Å². The Kier molecular flexibility index (Phi) is 1.76. The van der Waals surface area contributed by atoms with Crippen LogP contribution in [0.3, 0.4) is 0 Å². The number of carbonyl (C=O) groups is 1. The standard InChI is InChI=1S/C7H8N2O/c1-5(10)7-3-8-6(2)9-4-7/h3-4H,1-2H3. The third kappa shape index (κ3) is 1.37. The molecular formula is C7H8N2O. The summed E-state index contributed by atoms with van der Waals surface area (Å²) in [6.07, 6.45) is 3.06. The van der Waals surface area contributed by atoms with Gasteiger partial charge in [0.15, 0.2) is 5.78 Å². The van der Waals surface area contributed by atoms with Crippen molar-refractivity contribution in [2.75, 3.05) is 0 Å². The lowest BCUT2D eigenvalue weighted by Gasteiger charge is -1.92. The fourth-order valence-corrected chi connectivity index (χ4v) is 0.574. The summed E-state index contributed by atoms with van der Waals surface area (Å²) in [6, 6.07) is 0. The fraction of sp³-hybridized carbons (Fsp3) is 0.286. The number of nitrogens with zero attached hydrogens (tertiary/aromatic N) is 2. The van der Waals surface area contributed by atoms with Gasteiger partial charge in [-0.3, -0.25) is 4.79 Å². The molecule has 0 bridgehead atoms. The first-order chi connectivity index (χ1) is 4.70. The molecule has 0 saturated carbocycles. The first-order valence-electron chi connectivity index (χ1n) is 3.00. The molecule has 3 heteroatoms. The molecule has 52 valence electrons. The van der Waals surface area contributed by atoms with Crippen molar-refractivity contribution in [3.8, 4) is 0 Å². The van der Waals surface area contributed by atoms with Gasteiger partial charge < -0.3 is 0 Å². The van der Waals surface area contributed by atoms with Crippen LogP contribution in [0, 0.1) is 6.92 Å². The predicted octanol–water partition coefficient (Wildman–Crippen LogP) is 0.988. The van der Waals surface area contributed by atoms with Crippen LogP contribution in [0.2, 0.25) is 0 Å². The van der Waals surface area contributed by atoms with Gasteiger partial charge in [0.2, 0.25) is 0 Å². The van der Waals surface area contributed by atoms with Gasteiger partial charge in [0.1, 0.15) is 5.82 Å². The lowest BCUT2D eigenvalue weighted by Crippen LogP contribution is -1.95. The SMILES string of the molecule is CC(=O)c1cnc(C)nc1. The van der Waals surface area contributed by atoms with Crippen LogP contribution in [-0.4, -0.2) is 15.8 Å². The van der Waals surface area contributed by atoms with Gasteiger partial charge in [0.05, 0.1) is 5.56 Å². The Bertz CT molecular complexity index is 240. The average Bonchev–Trinajstić information content (AvgIpc) is 1.88. The van der Waals surface area contributed by atoms with E-state index in [1.54, 1.807) is 6.92 Å². The molecule has 1 aromatic rings. The number of ketones is 1. The van der Waals surface area contributed by atoms with E-state index in [4.69, 9.17) is 0 Å². The molecular weight excluding hydrogens is 128 g/mol. The second-order valence-electron chi connectivity index (χ2n) is 2.08. The number of hydrogen-bond donors (Lipinski definition) is 0. The summed E-state index contributed by atoms with van der Waals surface area (Å²) in [4.78, 5) is 18.4. The van der Waals surface area contributed by atoms with Gasteiger partial charge in [-0.15, -0.1) is 0 Å². The Morgan fingerprint density at radius 2 is 1.90 bits per heavy atom. The van der Waals surface area contributed by atoms with Crippen LogP contribution in [0.1, 0.15) is 23.1 Å². The molecule has 0 spiro atoms. The fourth-order valence-electron chi connectivity index (χ4n) is 0.574. The minimum absolute atomic E-state index is 0.000000000000000444. The number of rotatable bonds is 1. The minimum atomic E-state index is 0.000000000000000444. The monoisotopic (exact) mass is 136 g/mol. The molecule has 0 radical (unpaired) electrons. The van der Waals surface area contributed by atoms with Crippen LogP contribution in [0.25, 0.3) is 0 Å². The quantitative estimate of drug-likeness (QED) is 0.540. The molecule has 10 heavy (non-hydrogen) atoms. The van der Waals surface area contributed by atoms with Gasteiger partial charge in [-0.1, -0.05) is 0 Å². The third-order valence-electron chi connectivity index (χ3n) is 1.19. The van der Waals surface area contributed by atoms with Crippen LogP contribution >= 0.6 is 0 Å². The van der Waals surface area contributed by atoms with Gasteiger partial charge in [0, 0.05) is 12.4 Å². The molecule has 0 unspecified atom stereocenters. The molecule has 3 nitrogen and oxygen atoms in total. The highest BCUT2D eigenvalue weighted by Gasteiger charge is 1.97. The third-order valence-corrected chi connectivity index (χ3v) is 1.19. The summed E-state index contributed by atoms with van der Waals surface area (Å²) < 4.78 is 0. The number of aryl methyl sites for hydroxylation is 1. The molecule has 0 aliphatic heterocycles. The first-order valence-corrected chi connectivity index (χ1v) is 3.00. The summed E-state index contributed by atoms with van der Waals surface area (Å²) in [7, 11) is 0. The maximum atomic E-state index is 10.7. The summed E-state index contributed by atoms with van der Waals surface area (Å²) >= 11 is 0. The van der Waals surface area contributed by atoms with E-state index in [1.807, 2.05) is 0 Å². The summed E-state index contributed by atoms with van der Waals surface area (Å²) in [6.45, 7) is 3.28. The van der Waals surface area contributed by atoms with Crippen LogP contribution < -0.4 is 0 Å². The van der Waals surface area contributed by atoms with Gasteiger partial charge in [-0.05, 0) is 13.8 Å². The Morgan fingerprint density at radius 3 is 2.30 bits per heavy atom. The lowest BCUT2D eigenvalue weighted by atomic mass is 10.2. The minimum Gasteiger partial charge on any atom is -0.294 e. The van der Waals surface area contributed by atoms with E-state index in [0.717, 1.165) is 0 Å². The molecule has 0 aromatic carbocycles. The van der Waals surface area contributed by atoms with E-state index in [9.17, 15) is 4.79 Å². The zero-order valence-corrected chi connectivity index (χ0v) is 5.96. The Morgan fingerprint density at radius 1 is 1.40 bits per heavy atom. The smallest absolute Gasteiger partial charge is 0.162 e. The molecule has 0 aliphatic rings. The highest BCUT2D eigenvalue weighted by molar-refractivity contribution is 5.93. The second-order valence-corrected chi connectivity index (χ2v) is 2.08. The van der Waals surface area contributed by atoms with E-state index < -0.39 is 0 Å². The van der Waals surface area contributed by atoms with Crippen LogP contribution in [0.5, 0.6) is 0 Å². The molecule has 1 rings (SSSR count). The van der Waals surface area contributed by atoms with E-state index >= 15 is 0 Å². The molecule has 0 amide bonds. The Labute approximate surface area is 59.1 Å². The topological polar surface area (TPSA) is 42.9 Å². The van der Waals surface area contributed by atoms with E-state index in [2.05, 4.69) is 9.97 Å². The largest absolute Gasteiger partial charge is 0.294 e. The maximum Gasteiger partial charge on any atom is 0.162 e. The van der Waals surface area contributed by atoms with Gasteiger partial charge in [0.25, 0.3) is 0 Å². The maximum absolute atomic E-state index is 10.7. The summed E-state index contributed by atoms with van der Waals surface area (Å²) in [5.41, 5.74) is 0.561. The van der Waals surface area contributed by atoms with Crippen molar-refractivity contribution in [3.05, 3.63) is 23.8 Å². The number of hydrogen-bond acceptors (Lipinski definition) is 3. The first kappa shape index (κ1) is 6.86. The number of carbonyl (C=O) groups excluding carboxylic acids is 1. The highest BCUT2D eigenvalue weighted by atomic mass is 16.1. The predicted molar refractivity (Wildman–Crippen MR) is 36.8 cm³/mol. The second kappa shape index (κ2) is 2.56. The van der Waals surface area contributed by atoms with Gasteiger partial charge in [-0.2, -0.15) is 0 Å². The highest BCUT2D eigenvalue weighted by Crippen LogP contribution is 1.95. The molecule has 0 atom stereocenters. The van der Waals surface area contributed by atoms with Crippen LogP contribution in [-0.2, 0) is 0 Å². The molecule has 0 saturated heterocycles. The summed E-state index contributed by atoms with van der Waals surface area (Å²) in [5.74, 6) is 0.685. The van der Waals surface area contributed by atoms with E-state index in [-0.39, 0.29) is 5.78 Å². The Hall–Kier alpha value is -1.25. The molecule has 1 heterocycles. The average molecular weight is 136 g/mol. The molecule has 1 aromatic heterocycles. The molecule has 0 aliphatic carbocycles. The number of aromatic nitrogens is 2. The molecule has 0 fully saturated rings. The van der Waals surface area contributed by atoms with Crippen molar-refractivity contribution in [1.29, 1.82) is 0 Å². The van der Waals surface area contributed by atoms with Crippen LogP contribution in [0.4, 0.5) is 0 Å². The van der Waals surface area contributed by atoms with Crippen LogP contribution in [0.15, 0.2) is 12.4 Å². The van der Waals surface area contributed by atoms with Crippen molar-refractivity contribution in [2.24, 2.45) is 0 Å². The zero-order chi connectivity index (χ0) is 7.56. The zero-order valence-electron chi connectivity index (χ0n) is 5.96. The van der Waals surface area contributed by atoms with Crippen molar-refractivity contribution < 1.29 is 4.79 Å². The van der Waals surface area contributed by atoms with Crippen molar-refractivity contribution in [3.63, 3.8) is 0 Å². The van der Waals surface area contributed by atoms with E-state index in [0.29, 0.717) is 11.4 Å². The van der Waals surface area contributed by atoms with E-state index in [1.165, 1.54) is 19.3 Å². The number of Topliss-reactive ketones (excluding diaryl/α,β-unsaturated/α-hetero) is 1.